The molecule has 2 fully saturated rings. The molecule has 3 atom stereocenters. The third kappa shape index (κ3) is 3.39. The van der Waals surface area contributed by atoms with E-state index in [0.717, 1.165) is 32.1 Å². The zero-order valence-electron chi connectivity index (χ0n) is 11.6. The topological polar surface area (TPSA) is 69.6 Å². The second kappa shape index (κ2) is 6.26. The molecule has 0 spiro atoms. The molecule has 5 nitrogen and oxygen atoms in total. The van der Waals surface area contributed by atoms with E-state index in [9.17, 15) is 9.59 Å². The standard InChI is InChI=1S/C14H24N2O3/c1-2-10-5-3-6-11(9-10)15-14(19)16-8-4-7-12(16)13(17)18/h10-12H,2-9H2,1H3,(H,15,19)(H,17,18)/t10?,11?,12-/m1/s1. The summed E-state index contributed by atoms with van der Waals surface area (Å²) in [7, 11) is 0. The Morgan fingerprint density at radius 1 is 1.26 bits per heavy atom. The van der Waals surface area contributed by atoms with Crippen molar-refractivity contribution in [3.05, 3.63) is 0 Å². The molecule has 0 aromatic rings. The number of carboxylic acids is 1. The van der Waals surface area contributed by atoms with Crippen LogP contribution in [0.15, 0.2) is 0 Å². The van der Waals surface area contributed by atoms with Crippen molar-refractivity contribution in [2.75, 3.05) is 6.54 Å². The Morgan fingerprint density at radius 2 is 2.05 bits per heavy atom. The van der Waals surface area contributed by atoms with E-state index in [-0.39, 0.29) is 12.1 Å². The number of urea groups is 1. The summed E-state index contributed by atoms with van der Waals surface area (Å²) < 4.78 is 0. The fourth-order valence-electron chi connectivity index (χ4n) is 3.32. The van der Waals surface area contributed by atoms with Crippen LogP contribution in [0, 0.1) is 5.92 Å². The molecular formula is C14H24N2O3. The third-order valence-corrected chi connectivity index (χ3v) is 4.49. The van der Waals surface area contributed by atoms with E-state index in [1.807, 2.05) is 0 Å². The number of nitrogens with zero attached hydrogens (tertiary/aromatic N) is 1. The highest BCUT2D eigenvalue weighted by atomic mass is 16.4. The second-order valence-corrected chi connectivity index (χ2v) is 5.78. The van der Waals surface area contributed by atoms with Crippen molar-refractivity contribution in [1.29, 1.82) is 0 Å². The number of hydrogen-bond acceptors (Lipinski definition) is 2. The normalized spacial score (nSPS) is 31.2. The van der Waals surface area contributed by atoms with Crippen molar-refractivity contribution in [2.24, 2.45) is 5.92 Å². The summed E-state index contributed by atoms with van der Waals surface area (Å²) in [5, 5.41) is 12.1. The summed E-state index contributed by atoms with van der Waals surface area (Å²) in [6.07, 6.45) is 6.99. The number of hydrogen-bond donors (Lipinski definition) is 2. The van der Waals surface area contributed by atoms with Gasteiger partial charge in [-0.3, -0.25) is 0 Å². The van der Waals surface area contributed by atoms with E-state index in [1.54, 1.807) is 0 Å². The Balaban J connectivity index is 1.88. The summed E-state index contributed by atoms with van der Waals surface area (Å²) in [6, 6.07) is -0.599. The van der Waals surface area contributed by atoms with Gasteiger partial charge in [0, 0.05) is 12.6 Å². The number of aliphatic carboxylic acids is 1. The van der Waals surface area contributed by atoms with E-state index >= 15 is 0 Å². The predicted molar refractivity (Wildman–Crippen MR) is 71.9 cm³/mol. The first-order valence-electron chi connectivity index (χ1n) is 7.41. The Hall–Kier alpha value is -1.26. The lowest BCUT2D eigenvalue weighted by Crippen LogP contribution is -2.50. The molecule has 108 valence electrons. The zero-order chi connectivity index (χ0) is 13.8. The highest BCUT2D eigenvalue weighted by Gasteiger charge is 2.35. The molecule has 19 heavy (non-hydrogen) atoms. The Kier molecular flexibility index (Phi) is 4.66. The maximum atomic E-state index is 12.2. The number of carbonyl (C=O) groups is 2. The van der Waals surface area contributed by atoms with Crippen LogP contribution in [-0.4, -0.2) is 40.6 Å². The molecule has 0 radical (unpaired) electrons. The first-order chi connectivity index (χ1) is 9.11. The van der Waals surface area contributed by atoms with Gasteiger partial charge in [-0.2, -0.15) is 0 Å². The maximum Gasteiger partial charge on any atom is 0.326 e. The van der Waals surface area contributed by atoms with Crippen molar-refractivity contribution in [3.8, 4) is 0 Å². The highest BCUT2D eigenvalue weighted by molar-refractivity contribution is 5.83. The van der Waals surface area contributed by atoms with Crippen molar-refractivity contribution < 1.29 is 14.7 Å². The Bertz CT molecular complexity index is 346. The Morgan fingerprint density at radius 3 is 2.74 bits per heavy atom. The summed E-state index contributed by atoms with van der Waals surface area (Å²) in [6.45, 7) is 2.75. The van der Waals surface area contributed by atoms with Crippen LogP contribution in [0.2, 0.25) is 0 Å². The Labute approximate surface area is 114 Å². The minimum Gasteiger partial charge on any atom is -0.480 e. The first kappa shape index (κ1) is 14.2. The van der Waals surface area contributed by atoms with E-state index < -0.39 is 12.0 Å². The van der Waals surface area contributed by atoms with Gasteiger partial charge in [0.15, 0.2) is 0 Å². The van der Waals surface area contributed by atoms with Gasteiger partial charge in [-0.05, 0) is 31.6 Å². The quantitative estimate of drug-likeness (QED) is 0.824. The predicted octanol–water partition coefficient (Wildman–Crippen LogP) is 2.21. The minimum atomic E-state index is -0.886. The molecule has 2 unspecified atom stereocenters. The maximum absolute atomic E-state index is 12.2. The van der Waals surface area contributed by atoms with Crippen LogP contribution in [-0.2, 0) is 4.79 Å². The molecule has 0 aromatic carbocycles. The summed E-state index contributed by atoms with van der Waals surface area (Å²) in [5.74, 6) is -0.185. The van der Waals surface area contributed by atoms with Crippen LogP contribution in [0.4, 0.5) is 4.79 Å². The van der Waals surface area contributed by atoms with Crippen molar-refractivity contribution in [3.63, 3.8) is 0 Å². The molecule has 2 amide bonds. The lowest BCUT2D eigenvalue weighted by molar-refractivity contribution is -0.141. The molecule has 1 aliphatic carbocycles. The molecular weight excluding hydrogens is 244 g/mol. The van der Waals surface area contributed by atoms with E-state index in [4.69, 9.17) is 5.11 Å². The largest absolute Gasteiger partial charge is 0.480 e. The lowest BCUT2D eigenvalue weighted by Gasteiger charge is -2.31. The van der Waals surface area contributed by atoms with Gasteiger partial charge in [-0.25, -0.2) is 9.59 Å². The van der Waals surface area contributed by atoms with Crippen LogP contribution in [0.25, 0.3) is 0 Å². The van der Waals surface area contributed by atoms with E-state index in [2.05, 4.69) is 12.2 Å². The number of carbonyl (C=O) groups excluding carboxylic acids is 1. The van der Waals surface area contributed by atoms with Crippen LogP contribution in [0.1, 0.15) is 51.9 Å². The second-order valence-electron chi connectivity index (χ2n) is 5.78. The number of likely N-dealkylation sites (tertiary alicyclic amines) is 1. The van der Waals surface area contributed by atoms with E-state index in [1.165, 1.54) is 11.3 Å². The van der Waals surface area contributed by atoms with Crippen LogP contribution < -0.4 is 5.32 Å². The summed E-state index contributed by atoms with van der Waals surface area (Å²) in [5.41, 5.74) is 0. The van der Waals surface area contributed by atoms with Crippen molar-refractivity contribution >= 4 is 12.0 Å². The third-order valence-electron chi connectivity index (χ3n) is 4.49. The molecule has 1 saturated heterocycles. The SMILES string of the molecule is CCC1CCCC(NC(=O)N2CCC[C@@H]2C(=O)O)C1. The molecule has 1 saturated carbocycles. The highest BCUT2D eigenvalue weighted by Crippen LogP contribution is 2.27. The fourth-order valence-corrected chi connectivity index (χ4v) is 3.32. The lowest BCUT2D eigenvalue weighted by atomic mass is 9.84. The molecule has 2 aliphatic rings. The van der Waals surface area contributed by atoms with Gasteiger partial charge in [-0.1, -0.05) is 26.2 Å². The number of carboxylic acid groups (broad SMARTS) is 1. The van der Waals surface area contributed by atoms with E-state index in [0.29, 0.717) is 18.9 Å². The van der Waals surface area contributed by atoms with Gasteiger partial charge in [0.2, 0.25) is 0 Å². The monoisotopic (exact) mass is 268 g/mol. The van der Waals surface area contributed by atoms with Gasteiger partial charge in [0.25, 0.3) is 0 Å². The van der Waals surface area contributed by atoms with Crippen LogP contribution in [0.5, 0.6) is 0 Å². The molecule has 5 heteroatoms. The van der Waals surface area contributed by atoms with Gasteiger partial charge in [0.05, 0.1) is 0 Å². The molecule has 0 bridgehead atoms. The van der Waals surface area contributed by atoms with Gasteiger partial charge in [-0.15, -0.1) is 0 Å². The minimum absolute atomic E-state index is 0.188. The van der Waals surface area contributed by atoms with Gasteiger partial charge >= 0.3 is 12.0 Å². The summed E-state index contributed by atoms with van der Waals surface area (Å²) >= 11 is 0. The van der Waals surface area contributed by atoms with Crippen molar-refractivity contribution in [2.45, 2.75) is 64.0 Å². The number of rotatable bonds is 3. The number of amides is 2. The molecule has 1 heterocycles. The summed E-state index contributed by atoms with van der Waals surface area (Å²) in [4.78, 5) is 24.7. The van der Waals surface area contributed by atoms with Crippen LogP contribution >= 0.6 is 0 Å². The van der Waals surface area contributed by atoms with Crippen LogP contribution in [0.3, 0.4) is 0 Å². The first-order valence-corrected chi connectivity index (χ1v) is 7.41. The average molecular weight is 268 g/mol. The molecule has 2 N–H and O–H groups in total. The molecule has 0 aromatic heterocycles. The fraction of sp³-hybridized carbons (Fsp3) is 0.857. The molecule has 1 aliphatic heterocycles. The van der Waals surface area contributed by atoms with Crippen molar-refractivity contribution in [1.82, 2.24) is 10.2 Å². The zero-order valence-corrected chi connectivity index (χ0v) is 11.6. The molecule has 2 rings (SSSR count). The van der Waals surface area contributed by atoms with Gasteiger partial charge < -0.3 is 15.3 Å². The smallest absolute Gasteiger partial charge is 0.326 e. The van der Waals surface area contributed by atoms with Gasteiger partial charge in [0.1, 0.15) is 6.04 Å². The average Bonchev–Trinajstić information content (AvgIpc) is 2.88. The number of nitrogens with one attached hydrogen (secondary N) is 1.